The fraction of sp³-hybridized carbons (Fsp3) is 0.364. The van der Waals surface area contributed by atoms with Gasteiger partial charge in [-0.15, -0.1) is 0 Å². The van der Waals surface area contributed by atoms with Gasteiger partial charge in [0.05, 0.1) is 12.8 Å². The third-order valence-electron chi connectivity index (χ3n) is 2.37. The predicted octanol–water partition coefficient (Wildman–Crippen LogP) is 2.06. The minimum Gasteiger partial charge on any atom is -0.468 e. The molecule has 0 aliphatic heterocycles. The summed E-state index contributed by atoms with van der Waals surface area (Å²) in [5.41, 5.74) is 1.30. The standard InChI is InChI=1S/C11H14BrNO4S/c1-7-4-5-9(12)10(6-7)13-18(15,16)8(2)11(14)17-3/h4-6,8,13H,1-3H3. The Bertz CT molecular complexity index is 556. The number of anilines is 1. The van der Waals surface area contributed by atoms with Crippen molar-refractivity contribution in [2.24, 2.45) is 0 Å². The SMILES string of the molecule is COC(=O)C(C)S(=O)(=O)Nc1cc(C)ccc1Br. The van der Waals surface area contributed by atoms with Crippen LogP contribution in [0.3, 0.4) is 0 Å². The average Bonchev–Trinajstić information content (AvgIpc) is 2.31. The second kappa shape index (κ2) is 5.71. The van der Waals surface area contributed by atoms with E-state index in [0.29, 0.717) is 10.2 Å². The Balaban J connectivity index is 3.02. The van der Waals surface area contributed by atoms with Gasteiger partial charge in [-0.3, -0.25) is 9.52 Å². The maximum absolute atomic E-state index is 11.9. The number of methoxy groups -OCH3 is 1. The van der Waals surface area contributed by atoms with Crippen LogP contribution in [0.25, 0.3) is 0 Å². The highest BCUT2D eigenvalue weighted by Gasteiger charge is 2.29. The number of rotatable bonds is 4. The van der Waals surface area contributed by atoms with Crippen LogP contribution in [0.5, 0.6) is 0 Å². The molecule has 0 aliphatic rings. The zero-order valence-electron chi connectivity index (χ0n) is 10.2. The summed E-state index contributed by atoms with van der Waals surface area (Å²) in [5, 5.41) is -1.27. The molecule has 1 aromatic carbocycles. The molecular formula is C11H14BrNO4S. The highest BCUT2D eigenvalue weighted by atomic mass is 79.9. The number of nitrogens with one attached hydrogen (secondary N) is 1. The van der Waals surface area contributed by atoms with Gasteiger partial charge in [-0.25, -0.2) is 8.42 Å². The van der Waals surface area contributed by atoms with Crippen molar-refractivity contribution in [3.8, 4) is 0 Å². The Labute approximate surface area is 115 Å². The zero-order chi connectivity index (χ0) is 13.9. The second-order valence-electron chi connectivity index (χ2n) is 3.80. The van der Waals surface area contributed by atoms with E-state index in [1.165, 1.54) is 6.92 Å². The number of halogens is 1. The Morgan fingerprint density at radius 3 is 2.61 bits per heavy atom. The van der Waals surface area contributed by atoms with Crippen molar-refractivity contribution in [2.45, 2.75) is 19.1 Å². The molecule has 0 aromatic heterocycles. The molecule has 1 aromatic rings. The number of carbonyl (C=O) groups is 1. The maximum atomic E-state index is 11.9. The Morgan fingerprint density at radius 1 is 1.44 bits per heavy atom. The highest BCUT2D eigenvalue weighted by Crippen LogP contribution is 2.25. The van der Waals surface area contributed by atoms with Crippen LogP contribution in [0.2, 0.25) is 0 Å². The molecule has 0 heterocycles. The summed E-state index contributed by atoms with van der Waals surface area (Å²) < 4.78 is 31.3. The molecule has 18 heavy (non-hydrogen) atoms. The molecular weight excluding hydrogens is 322 g/mol. The van der Waals surface area contributed by atoms with Crippen LogP contribution in [-0.2, 0) is 19.6 Å². The topological polar surface area (TPSA) is 72.5 Å². The summed E-state index contributed by atoms with van der Waals surface area (Å²) in [6.45, 7) is 3.12. The zero-order valence-corrected chi connectivity index (χ0v) is 12.6. The molecule has 0 spiro atoms. The van der Waals surface area contributed by atoms with Crippen molar-refractivity contribution in [2.75, 3.05) is 11.8 Å². The molecule has 1 unspecified atom stereocenters. The minimum absolute atomic E-state index is 0.394. The second-order valence-corrected chi connectivity index (χ2v) is 6.65. The summed E-state index contributed by atoms with van der Waals surface area (Å²) >= 11 is 3.24. The fourth-order valence-electron chi connectivity index (χ4n) is 1.25. The van der Waals surface area contributed by atoms with Crippen LogP contribution in [0.1, 0.15) is 12.5 Å². The molecule has 0 saturated carbocycles. The molecule has 0 saturated heterocycles. The van der Waals surface area contributed by atoms with Crippen LogP contribution in [0.15, 0.2) is 22.7 Å². The van der Waals surface area contributed by atoms with Gasteiger partial charge in [0.15, 0.2) is 5.25 Å². The molecule has 0 radical (unpaired) electrons. The van der Waals surface area contributed by atoms with Crippen molar-refractivity contribution in [3.63, 3.8) is 0 Å². The number of sulfonamides is 1. The number of hydrogen-bond acceptors (Lipinski definition) is 4. The number of hydrogen-bond donors (Lipinski definition) is 1. The Hall–Kier alpha value is -1.08. The summed E-state index contributed by atoms with van der Waals surface area (Å²) in [6, 6.07) is 5.24. The van der Waals surface area contributed by atoms with E-state index in [-0.39, 0.29) is 0 Å². The molecule has 0 bridgehead atoms. The van der Waals surface area contributed by atoms with Crippen LogP contribution in [-0.4, -0.2) is 26.7 Å². The van der Waals surface area contributed by atoms with Gasteiger partial charge >= 0.3 is 5.97 Å². The molecule has 0 aliphatic carbocycles. The van der Waals surface area contributed by atoms with Gasteiger partial charge in [0, 0.05) is 4.47 Å². The first-order valence-electron chi connectivity index (χ1n) is 5.13. The molecule has 1 atom stereocenters. The monoisotopic (exact) mass is 335 g/mol. The van der Waals surface area contributed by atoms with Crippen LogP contribution in [0, 0.1) is 6.92 Å². The molecule has 1 rings (SSSR count). The lowest BCUT2D eigenvalue weighted by Crippen LogP contribution is -2.33. The molecule has 1 N–H and O–H groups in total. The first-order chi connectivity index (χ1) is 8.27. The van der Waals surface area contributed by atoms with E-state index >= 15 is 0 Å². The number of ether oxygens (including phenoxy) is 1. The molecule has 100 valence electrons. The van der Waals surface area contributed by atoms with E-state index in [2.05, 4.69) is 25.4 Å². The lowest BCUT2D eigenvalue weighted by atomic mass is 10.2. The first kappa shape index (κ1) is 15.0. The van der Waals surface area contributed by atoms with Gasteiger partial charge in [-0.2, -0.15) is 0 Å². The van der Waals surface area contributed by atoms with Crippen molar-refractivity contribution >= 4 is 37.6 Å². The number of benzene rings is 1. The van der Waals surface area contributed by atoms with Crippen LogP contribution < -0.4 is 4.72 Å². The van der Waals surface area contributed by atoms with Crippen molar-refractivity contribution in [1.82, 2.24) is 0 Å². The number of carbonyl (C=O) groups excluding carboxylic acids is 1. The lowest BCUT2D eigenvalue weighted by Gasteiger charge is -2.14. The van der Waals surface area contributed by atoms with E-state index in [9.17, 15) is 13.2 Å². The third kappa shape index (κ3) is 3.46. The van der Waals surface area contributed by atoms with Gasteiger partial charge in [0.25, 0.3) is 0 Å². The van der Waals surface area contributed by atoms with Crippen molar-refractivity contribution in [3.05, 3.63) is 28.2 Å². The average molecular weight is 336 g/mol. The lowest BCUT2D eigenvalue weighted by molar-refractivity contribution is -0.139. The first-order valence-corrected chi connectivity index (χ1v) is 7.47. The van der Waals surface area contributed by atoms with Gasteiger partial charge < -0.3 is 4.74 Å². The minimum atomic E-state index is -3.82. The summed E-state index contributed by atoms with van der Waals surface area (Å²) in [7, 11) is -2.67. The van der Waals surface area contributed by atoms with Gasteiger partial charge in [0.2, 0.25) is 10.0 Å². The summed E-state index contributed by atoms with van der Waals surface area (Å²) in [6.07, 6.45) is 0. The summed E-state index contributed by atoms with van der Waals surface area (Å²) in [4.78, 5) is 11.2. The van der Waals surface area contributed by atoms with Crippen LogP contribution in [0.4, 0.5) is 5.69 Å². The highest BCUT2D eigenvalue weighted by molar-refractivity contribution is 9.10. The predicted molar refractivity (Wildman–Crippen MR) is 72.9 cm³/mol. The molecule has 0 fully saturated rings. The Morgan fingerprint density at radius 2 is 2.06 bits per heavy atom. The van der Waals surface area contributed by atoms with Gasteiger partial charge in [-0.05, 0) is 47.5 Å². The van der Waals surface area contributed by atoms with E-state index in [1.807, 2.05) is 13.0 Å². The maximum Gasteiger partial charge on any atom is 0.325 e. The van der Waals surface area contributed by atoms with Crippen molar-refractivity contribution in [1.29, 1.82) is 0 Å². The molecule has 0 amide bonds. The van der Waals surface area contributed by atoms with Crippen LogP contribution >= 0.6 is 15.9 Å². The Kier molecular flexibility index (Phi) is 4.75. The van der Waals surface area contributed by atoms with Gasteiger partial charge in [-0.1, -0.05) is 6.07 Å². The van der Waals surface area contributed by atoms with Gasteiger partial charge in [0.1, 0.15) is 0 Å². The normalized spacial score (nSPS) is 12.9. The smallest absolute Gasteiger partial charge is 0.325 e. The quantitative estimate of drug-likeness (QED) is 0.855. The van der Waals surface area contributed by atoms with Crippen molar-refractivity contribution < 1.29 is 17.9 Å². The largest absolute Gasteiger partial charge is 0.468 e. The number of esters is 1. The fourth-order valence-corrected chi connectivity index (χ4v) is 2.73. The molecule has 5 nitrogen and oxygen atoms in total. The van der Waals surface area contributed by atoms with E-state index in [1.54, 1.807) is 12.1 Å². The summed E-state index contributed by atoms with van der Waals surface area (Å²) in [5.74, 6) is -0.800. The van der Waals surface area contributed by atoms with E-state index in [0.717, 1.165) is 12.7 Å². The van der Waals surface area contributed by atoms with E-state index < -0.39 is 21.2 Å². The third-order valence-corrected chi connectivity index (χ3v) is 4.69. The number of aryl methyl sites for hydroxylation is 1. The van der Waals surface area contributed by atoms with E-state index in [4.69, 9.17) is 0 Å². The molecule has 7 heteroatoms.